The summed E-state index contributed by atoms with van der Waals surface area (Å²) < 4.78 is 27.4. The second-order valence-corrected chi connectivity index (χ2v) is 13.2. The summed E-state index contributed by atoms with van der Waals surface area (Å²) in [6.45, 7) is 3.47. The van der Waals surface area contributed by atoms with Gasteiger partial charge in [-0.3, -0.25) is 4.79 Å². The fourth-order valence-corrected chi connectivity index (χ4v) is 6.15. The average molecular weight is 635 g/mol. The van der Waals surface area contributed by atoms with Crippen LogP contribution in [0.5, 0.6) is 5.75 Å². The normalized spacial score (nSPS) is 11.4. The molecule has 9 heteroatoms. The zero-order valence-corrected chi connectivity index (χ0v) is 26.5. The first-order chi connectivity index (χ1) is 21.9. The molecule has 5 aromatic carbocycles. The molecule has 234 valence electrons. The number of aryl methyl sites for hydroxylation is 2. The summed E-state index contributed by atoms with van der Waals surface area (Å²) >= 11 is 0. The van der Waals surface area contributed by atoms with Gasteiger partial charge in [0.2, 0.25) is 15.9 Å². The molecule has 0 aliphatic carbocycles. The van der Waals surface area contributed by atoms with Gasteiger partial charge < -0.3 is 15.1 Å². The number of carboxylic acids is 1. The molecule has 0 aromatic heterocycles. The summed E-state index contributed by atoms with van der Waals surface area (Å²) in [5, 5.41) is 19.7. The number of carbonyl (C=O) groups is 2. The number of amides is 1. The Labute approximate surface area is 268 Å². The van der Waals surface area contributed by atoms with Gasteiger partial charge in [-0.2, -0.15) is 4.31 Å². The first-order valence-electron chi connectivity index (χ1n) is 14.6. The van der Waals surface area contributed by atoms with Crippen LogP contribution in [0.4, 0.5) is 5.69 Å². The van der Waals surface area contributed by atoms with E-state index < -0.39 is 34.2 Å². The first-order valence-corrected chi connectivity index (χ1v) is 16.0. The van der Waals surface area contributed by atoms with E-state index in [2.05, 4.69) is 55.5 Å². The smallest absolute Gasteiger partial charge is 0.339 e. The lowest BCUT2D eigenvalue weighted by Gasteiger charge is -2.26. The molecule has 8 nitrogen and oxygen atoms in total. The van der Waals surface area contributed by atoms with Gasteiger partial charge in [0, 0.05) is 18.8 Å². The van der Waals surface area contributed by atoms with Gasteiger partial charge in [0.15, 0.2) is 0 Å². The van der Waals surface area contributed by atoms with E-state index in [1.807, 2.05) is 31.2 Å². The number of rotatable bonds is 10. The average Bonchev–Trinajstić information content (AvgIpc) is 3.04. The molecule has 0 aliphatic rings. The van der Waals surface area contributed by atoms with Crippen LogP contribution in [0.2, 0.25) is 0 Å². The van der Waals surface area contributed by atoms with Gasteiger partial charge in [-0.15, -0.1) is 0 Å². The number of sulfonamides is 1. The van der Waals surface area contributed by atoms with Crippen LogP contribution in [-0.2, 0) is 21.4 Å². The molecule has 46 heavy (non-hydrogen) atoms. The van der Waals surface area contributed by atoms with E-state index >= 15 is 0 Å². The molecular weight excluding hydrogens is 600 g/mol. The molecule has 0 aliphatic heterocycles. The van der Waals surface area contributed by atoms with Crippen LogP contribution >= 0.6 is 0 Å². The second-order valence-electron chi connectivity index (χ2n) is 11.2. The SMILES string of the molecule is Cc1ccc(-c2ccc(-c3ccc(CN(C(=O)CN(C)S(=O)(=O)c4ccc(C)cc4)c4ccc(C(=O)O)c(O)c4)cc3)cc2)cc1. The summed E-state index contributed by atoms with van der Waals surface area (Å²) in [5.41, 5.74) is 7.01. The maximum atomic E-state index is 13.7. The highest BCUT2D eigenvalue weighted by Gasteiger charge is 2.27. The fraction of sp³-hybridized carbons (Fsp3) is 0.135. The number of hydrogen-bond donors (Lipinski definition) is 2. The Morgan fingerprint density at radius 2 is 1.13 bits per heavy atom. The van der Waals surface area contributed by atoms with Gasteiger partial charge in [0.05, 0.1) is 18.0 Å². The van der Waals surface area contributed by atoms with E-state index in [1.165, 1.54) is 47.8 Å². The molecule has 0 spiro atoms. The molecule has 5 rings (SSSR count). The molecule has 1 amide bonds. The van der Waals surface area contributed by atoms with Crippen LogP contribution in [0.1, 0.15) is 27.0 Å². The summed E-state index contributed by atoms with van der Waals surface area (Å²) in [6.07, 6.45) is 0. The van der Waals surface area contributed by atoms with Crippen LogP contribution in [0, 0.1) is 13.8 Å². The molecular formula is C37H34N2O6S. The lowest BCUT2D eigenvalue weighted by atomic mass is 9.99. The number of aromatic carboxylic acids is 1. The monoisotopic (exact) mass is 634 g/mol. The second kappa shape index (κ2) is 13.4. The van der Waals surface area contributed by atoms with Gasteiger partial charge in [-0.05, 0) is 65.9 Å². The third-order valence-corrected chi connectivity index (χ3v) is 9.63. The minimum absolute atomic E-state index is 0.0513. The number of likely N-dealkylation sites (N-methyl/N-ethyl adjacent to an activating group) is 1. The highest BCUT2D eigenvalue weighted by atomic mass is 32.2. The number of aromatic hydroxyl groups is 1. The standard InChI is InChI=1S/C37H34N2O6S/c1-25-4-10-28(11-5-25)30-14-16-31(17-15-30)29-12-8-27(9-13-29)23-39(32-18-21-34(37(42)43)35(40)22-32)36(41)24-38(3)46(44,45)33-19-6-26(2)7-20-33/h4-22,40H,23-24H2,1-3H3,(H,42,43). The highest BCUT2D eigenvalue weighted by Crippen LogP contribution is 2.29. The van der Waals surface area contributed by atoms with Crippen LogP contribution in [0.15, 0.2) is 120 Å². The van der Waals surface area contributed by atoms with Gasteiger partial charge in [-0.1, -0.05) is 96.1 Å². The molecule has 2 N–H and O–H groups in total. The molecule has 0 bridgehead atoms. The lowest BCUT2D eigenvalue weighted by Crippen LogP contribution is -2.41. The predicted molar refractivity (Wildman–Crippen MR) is 179 cm³/mol. The Kier molecular flexibility index (Phi) is 9.36. The van der Waals surface area contributed by atoms with Crippen molar-refractivity contribution < 1.29 is 28.2 Å². The van der Waals surface area contributed by atoms with Crippen molar-refractivity contribution in [3.63, 3.8) is 0 Å². The van der Waals surface area contributed by atoms with Gasteiger partial charge >= 0.3 is 5.97 Å². The molecule has 0 saturated carbocycles. The van der Waals surface area contributed by atoms with Crippen molar-refractivity contribution in [1.29, 1.82) is 0 Å². The number of hydrogen-bond acceptors (Lipinski definition) is 5. The van der Waals surface area contributed by atoms with Crippen molar-refractivity contribution in [2.75, 3.05) is 18.5 Å². The highest BCUT2D eigenvalue weighted by molar-refractivity contribution is 7.89. The van der Waals surface area contributed by atoms with Crippen molar-refractivity contribution in [2.24, 2.45) is 0 Å². The number of carbonyl (C=O) groups excluding carboxylic acids is 1. The first kappa shape index (κ1) is 32.2. The molecule has 0 fully saturated rings. The minimum Gasteiger partial charge on any atom is -0.507 e. The van der Waals surface area contributed by atoms with Crippen LogP contribution in [0.3, 0.4) is 0 Å². The Morgan fingerprint density at radius 3 is 1.61 bits per heavy atom. The Bertz CT molecular complexity index is 1970. The Morgan fingerprint density at radius 1 is 0.674 bits per heavy atom. The van der Waals surface area contributed by atoms with E-state index in [4.69, 9.17) is 0 Å². The van der Waals surface area contributed by atoms with Crippen molar-refractivity contribution >= 4 is 27.6 Å². The van der Waals surface area contributed by atoms with Crippen molar-refractivity contribution in [2.45, 2.75) is 25.3 Å². The quantitative estimate of drug-likeness (QED) is 0.173. The molecule has 0 atom stereocenters. The lowest BCUT2D eigenvalue weighted by molar-refractivity contribution is -0.118. The largest absolute Gasteiger partial charge is 0.507 e. The minimum atomic E-state index is -3.97. The van der Waals surface area contributed by atoms with Crippen LogP contribution in [0.25, 0.3) is 22.3 Å². The summed E-state index contributed by atoms with van der Waals surface area (Å²) in [4.78, 5) is 26.6. The zero-order valence-electron chi connectivity index (χ0n) is 25.7. The van der Waals surface area contributed by atoms with Gasteiger partial charge in [-0.25, -0.2) is 13.2 Å². The summed E-state index contributed by atoms with van der Waals surface area (Å²) in [7, 11) is -2.64. The zero-order chi connectivity index (χ0) is 33.0. The topological polar surface area (TPSA) is 115 Å². The predicted octanol–water partition coefficient (Wildman–Crippen LogP) is 6.90. The molecule has 0 saturated heterocycles. The Hall–Kier alpha value is -5.25. The molecule has 0 heterocycles. The fourth-order valence-electron chi connectivity index (χ4n) is 5.03. The van der Waals surface area contributed by atoms with Crippen LogP contribution < -0.4 is 4.90 Å². The number of carboxylic acid groups (broad SMARTS) is 1. The van der Waals surface area contributed by atoms with Gasteiger partial charge in [0.1, 0.15) is 11.3 Å². The van der Waals surface area contributed by atoms with E-state index in [-0.39, 0.29) is 22.7 Å². The third-order valence-electron chi connectivity index (χ3n) is 7.81. The Balaban J connectivity index is 1.39. The van der Waals surface area contributed by atoms with E-state index in [9.17, 15) is 28.2 Å². The van der Waals surface area contributed by atoms with E-state index in [0.29, 0.717) is 0 Å². The maximum Gasteiger partial charge on any atom is 0.339 e. The number of benzene rings is 5. The number of phenols is 1. The van der Waals surface area contributed by atoms with Crippen molar-refractivity contribution in [3.05, 3.63) is 138 Å². The van der Waals surface area contributed by atoms with Crippen molar-refractivity contribution in [1.82, 2.24) is 4.31 Å². The van der Waals surface area contributed by atoms with Crippen molar-refractivity contribution in [3.8, 4) is 28.0 Å². The van der Waals surface area contributed by atoms with Crippen LogP contribution in [-0.4, -0.2) is 48.4 Å². The van der Waals surface area contributed by atoms with E-state index in [1.54, 1.807) is 12.1 Å². The third kappa shape index (κ3) is 7.17. The van der Waals surface area contributed by atoms with E-state index in [0.717, 1.165) is 37.7 Å². The summed E-state index contributed by atoms with van der Waals surface area (Å²) in [5.74, 6) is -2.38. The molecule has 0 unspecified atom stereocenters. The number of nitrogens with zero attached hydrogens (tertiary/aromatic N) is 2. The number of anilines is 1. The summed E-state index contributed by atoms with van der Waals surface area (Å²) in [6, 6.07) is 34.4. The molecule has 5 aromatic rings. The molecule has 0 radical (unpaired) electrons. The maximum absolute atomic E-state index is 13.7. The van der Waals surface area contributed by atoms with Gasteiger partial charge in [0.25, 0.3) is 0 Å².